The average molecular weight is 329 g/mol. The standard InChI is InChI=1S/C19H23NO4/c1-17-11-24-19(10-13(17)8-9-18(17,19)2)16(22)20-14-6-4-12(5-7-14)15(21)23-3/h4-7,13H,8-11H2,1-3H3,(H,20,22). The molecule has 1 aliphatic heterocycles. The number of hydrogen-bond donors (Lipinski definition) is 1. The van der Waals surface area contributed by atoms with Crippen LogP contribution in [0.25, 0.3) is 0 Å². The summed E-state index contributed by atoms with van der Waals surface area (Å²) in [5.74, 6) is 0.132. The monoisotopic (exact) mass is 329 g/mol. The van der Waals surface area contributed by atoms with Crippen LogP contribution in [-0.2, 0) is 14.3 Å². The topological polar surface area (TPSA) is 64.6 Å². The van der Waals surface area contributed by atoms with Gasteiger partial charge >= 0.3 is 5.97 Å². The quantitative estimate of drug-likeness (QED) is 0.866. The van der Waals surface area contributed by atoms with E-state index in [1.165, 1.54) is 13.5 Å². The molecular weight excluding hydrogens is 306 g/mol. The van der Waals surface area contributed by atoms with E-state index in [-0.39, 0.29) is 22.7 Å². The molecular formula is C19H23NO4. The van der Waals surface area contributed by atoms with Crippen molar-refractivity contribution in [1.82, 2.24) is 0 Å². The average Bonchev–Trinajstić information content (AvgIpc) is 3.06. The number of benzene rings is 1. The Kier molecular flexibility index (Phi) is 3.14. The van der Waals surface area contributed by atoms with E-state index in [1.54, 1.807) is 24.3 Å². The normalized spacial score (nSPS) is 39.0. The van der Waals surface area contributed by atoms with Crippen molar-refractivity contribution in [3.05, 3.63) is 29.8 Å². The summed E-state index contributed by atoms with van der Waals surface area (Å²) >= 11 is 0. The number of methoxy groups -OCH3 is 1. The first-order valence-electron chi connectivity index (χ1n) is 8.50. The summed E-state index contributed by atoms with van der Waals surface area (Å²) in [6.45, 7) is 5.16. The van der Waals surface area contributed by atoms with Crippen LogP contribution in [0.1, 0.15) is 43.5 Å². The fourth-order valence-corrected chi connectivity index (χ4v) is 5.30. The first-order valence-corrected chi connectivity index (χ1v) is 8.50. The molecule has 1 heterocycles. The molecule has 4 atom stereocenters. The Morgan fingerprint density at radius 1 is 1.25 bits per heavy atom. The van der Waals surface area contributed by atoms with Crippen LogP contribution in [0.4, 0.5) is 5.69 Å². The second-order valence-corrected chi connectivity index (χ2v) is 7.83. The molecule has 3 fully saturated rings. The number of esters is 1. The number of carbonyl (C=O) groups is 2. The summed E-state index contributed by atoms with van der Waals surface area (Å²) < 4.78 is 10.8. The number of nitrogens with one attached hydrogen (secondary N) is 1. The van der Waals surface area contributed by atoms with Crippen LogP contribution in [-0.4, -0.2) is 31.2 Å². The number of ether oxygens (including phenoxy) is 2. The highest BCUT2D eigenvalue weighted by Gasteiger charge is 2.78. The zero-order chi connectivity index (χ0) is 17.2. The molecule has 4 rings (SSSR count). The minimum absolute atomic E-state index is 0.0539. The second kappa shape index (κ2) is 4.82. The molecule has 5 heteroatoms. The van der Waals surface area contributed by atoms with Gasteiger partial charge in [0.15, 0.2) is 5.60 Å². The molecule has 1 aromatic carbocycles. The van der Waals surface area contributed by atoms with Crippen molar-refractivity contribution >= 4 is 17.6 Å². The van der Waals surface area contributed by atoms with Crippen molar-refractivity contribution in [2.75, 3.05) is 19.0 Å². The van der Waals surface area contributed by atoms with Gasteiger partial charge in [0.2, 0.25) is 0 Å². The maximum atomic E-state index is 13.1. The number of anilines is 1. The fraction of sp³-hybridized carbons (Fsp3) is 0.579. The molecule has 1 amide bonds. The molecule has 24 heavy (non-hydrogen) atoms. The highest BCUT2D eigenvalue weighted by Crippen LogP contribution is 2.75. The number of hydrogen-bond acceptors (Lipinski definition) is 4. The molecule has 5 nitrogen and oxygen atoms in total. The summed E-state index contributed by atoms with van der Waals surface area (Å²) in [6, 6.07) is 6.76. The van der Waals surface area contributed by atoms with Crippen molar-refractivity contribution in [3.63, 3.8) is 0 Å². The molecule has 1 saturated heterocycles. The van der Waals surface area contributed by atoms with Gasteiger partial charge < -0.3 is 14.8 Å². The summed E-state index contributed by atoms with van der Waals surface area (Å²) in [7, 11) is 1.35. The van der Waals surface area contributed by atoms with Crippen molar-refractivity contribution in [2.24, 2.45) is 16.7 Å². The van der Waals surface area contributed by atoms with E-state index in [0.717, 1.165) is 12.8 Å². The number of rotatable bonds is 3. The lowest BCUT2D eigenvalue weighted by molar-refractivity contribution is -0.149. The molecule has 3 aliphatic rings. The van der Waals surface area contributed by atoms with Crippen molar-refractivity contribution in [2.45, 2.75) is 38.7 Å². The third-order valence-electron chi connectivity index (χ3n) is 7.13. The van der Waals surface area contributed by atoms with Crippen molar-refractivity contribution in [1.29, 1.82) is 0 Å². The predicted molar refractivity (Wildman–Crippen MR) is 88.6 cm³/mol. The maximum absolute atomic E-state index is 13.1. The first kappa shape index (κ1) is 15.6. The van der Waals surface area contributed by atoms with Gasteiger partial charge in [-0.3, -0.25) is 4.79 Å². The molecule has 2 saturated carbocycles. The third-order valence-corrected chi connectivity index (χ3v) is 7.13. The van der Waals surface area contributed by atoms with Gasteiger partial charge in [-0.15, -0.1) is 0 Å². The van der Waals surface area contributed by atoms with Crippen LogP contribution in [0.5, 0.6) is 0 Å². The molecule has 1 aromatic rings. The van der Waals surface area contributed by atoms with Crippen LogP contribution in [0.2, 0.25) is 0 Å². The summed E-state index contributed by atoms with van der Waals surface area (Å²) in [5.41, 5.74) is 0.432. The van der Waals surface area contributed by atoms with Gasteiger partial charge in [-0.2, -0.15) is 0 Å². The van der Waals surface area contributed by atoms with E-state index in [4.69, 9.17) is 4.74 Å². The fourth-order valence-electron chi connectivity index (χ4n) is 5.30. The van der Waals surface area contributed by atoms with Crippen molar-refractivity contribution < 1.29 is 19.1 Å². The molecule has 4 unspecified atom stereocenters. The van der Waals surface area contributed by atoms with E-state index in [9.17, 15) is 9.59 Å². The highest BCUT2D eigenvalue weighted by molar-refractivity contribution is 5.99. The maximum Gasteiger partial charge on any atom is 0.337 e. The smallest absolute Gasteiger partial charge is 0.337 e. The Hall–Kier alpha value is -1.88. The minimum Gasteiger partial charge on any atom is -0.465 e. The van der Waals surface area contributed by atoms with Crippen LogP contribution in [0, 0.1) is 16.7 Å². The lowest BCUT2D eigenvalue weighted by atomic mass is 9.66. The number of carbonyl (C=O) groups excluding carboxylic acids is 2. The van der Waals surface area contributed by atoms with E-state index >= 15 is 0 Å². The molecule has 2 aliphatic carbocycles. The summed E-state index contributed by atoms with van der Waals surface area (Å²) in [6.07, 6.45) is 3.05. The molecule has 4 bridgehead atoms. The molecule has 0 radical (unpaired) electrons. The summed E-state index contributed by atoms with van der Waals surface area (Å²) in [5, 5.41) is 3.00. The predicted octanol–water partition coefficient (Wildman–Crippen LogP) is 3.01. The lowest BCUT2D eigenvalue weighted by Crippen LogP contribution is -2.52. The largest absolute Gasteiger partial charge is 0.465 e. The van der Waals surface area contributed by atoms with Gasteiger partial charge in [0.1, 0.15) is 0 Å². The van der Waals surface area contributed by atoms with Gasteiger partial charge in [-0.1, -0.05) is 13.8 Å². The van der Waals surface area contributed by atoms with E-state index in [0.29, 0.717) is 23.8 Å². The highest BCUT2D eigenvalue weighted by atomic mass is 16.5. The zero-order valence-corrected chi connectivity index (χ0v) is 14.3. The first-order chi connectivity index (χ1) is 11.4. The molecule has 0 aromatic heterocycles. The molecule has 0 spiro atoms. The van der Waals surface area contributed by atoms with Gasteiger partial charge in [0.05, 0.1) is 19.3 Å². The second-order valence-electron chi connectivity index (χ2n) is 7.83. The molecule has 128 valence electrons. The SMILES string of the molecule is COC(=O)c1ccc(NC(=O)C23CC4CCC2(C)C4(C)CO3)cc1. The summed E-state index contributed by atoms with van der Waals surface area (Å²) in [4.78, 5) is 24.6. The van der Waals surface area contributed by atoms with E-state index in [1.807, 2.05) is 0 Å². The lowest BCUT2D eigenvalue weighted by Gasteiger charge is -2.40. The zero-order valence-electron chi connectivity index (χ0n) is 14.3. The number of amides is 1. The van der Waals surface area contributed by atoms with E-state index in [2.05, 4.69) is 23.9 Å². The molecule has 1 N–H and O–H groups in total. The van der Waals surface area contributed by atoms with Crippen molar-refractivity contribution in [3.8, 4) is 0 Å². The Bertz CT molecular complexity index is 715. The Labute approximate surface area is 141 Å². The van der Waals surface area contributed by atoms with E-state index < -0.39 is 5.60 Å². The Morgan fingerprint density at radius 2 is 1.96 bits per heavy atom. The minimum atomic E-state index is -0.717. The van der Waals surface area contributed by atoms with Gasteiger partial charge in [0.25, 0.3) is 5.91 Å². The van der Waals surface area contributed by atoms with Crippen LogP contribution < -0.4 is 5.32 Å². The third kappa shape index (κ3) is 1.68. The van der Waals surface area contributed by atoms with Gasteiger partial charge in [-0.05, 0) is 49.4 Å². The van der Waals surface area contributed by atoms with Gasteiger partial charge in [0, 0.05) is 16.5 Å². The van der Waals surface area contributed by atoms with Crippen LogP contribution >= 0.6 is 0 Å². The van der Waals surface area contributed by atoms with Crippen LogP contribution in [0.3, 0.4) is 0 Å². The Balaban J connectivity index is 1.56. The van der Waals surface area contributed by atoms with Crippen LogP contribution in [0.15, 0.2) is 24.3 Å². The van der Waals surface area contributed by atoms with Gasteiger partial charge in [-0.25, -0.2) is 4.79 Å². The Morgan fingerprint density at radius 3 is 2.54 bits per heavy atom.